The molecule has 1 aromatic rings. The normalized spacial score (nSPS) is 17.0. The molecule has 0 spiro atoms. The van der Waals surface area contributed by atoms with Gasteiger partial charge in [-0.2, -0.15) is 4.98 Å². The molecular weight excluding hydrogens is 238 g/mol. The van der Waals surface area contributed by atoms with Crippen molar-refractivity contribution >= 4 is 11.8 Å². The number of aromatic nitrogens is 2. The molecule has 0 amide bonds. The summed E-state index contributed by atoms with van der Waals surface area (Å²) in [6, 6.07) is 0.701. The van der Waals surface area contributed by atoms with E-state index in [1.165, 1.54) is 12.8 Å². The van der Waals surface area contributed by atoms with Gasteiger partial charge in [-0.05, 0) is 40.8 Å². The Kier molecular flexibility index (Phi) is 4.58. The van der Waals surface area contributed by atoms with Crippen LogP contribution in [0.25, 0.3) is 0 Å². The highest BCUT2D eigenvalue weighted by Crippen LogP contribution is 2.23. The van der Waals surface area contributed by atoms with E-state index in [9.17, 15) is 0 Å². The summed E-state index contributed by atoms with van der Waals surface area (Å²) in [6.07, 6.45) is 4.32. The second-order valence-corrected chi connectivity index (χ2v) is 5.41. The van der Waals surface area contributed by atoms with E-state index in [1.54, 1.807) is 0 Å². The van der Waals surface area contributed by atoms with Crippen molar-refractivity contribution in [2.24, 2.45) is 0 Å². The summed E-state index contributed by atoms with van der Waals surface area (Å²) in [6.45, 7) is 7.15. The lowest BCUT2D eigenvalue weighted by Gasteiger charge is -2.36. The van der Waals surface area contributed by atoms with E-state index in [0.717, 1.165) is 37.0 Å². The van der Waals surface area contributed by atoms with Gasteiger partial charge in [0.2, 0.25) is 5.95 Å². The number of hydrogen-bond donors (Lipinski definition) is 1. The maximum absolute atomic E-state index is 4.65. The van der Waals surface area contributed by atoms with Crippen molar-refractivity contribution < 1.29 is 0 Å². The third-order valence-electron chi connectivity index (χ3n) is 3.77. The van der Waals surface area contributed by atoms with E-state index < -0.39 is 0 Å². The van der Waals surface area contributed by atoms with Gasteiger partial charge in [0.05, 0.1) is 0 Å². The van der Waals surface area contributed by atoms with Crippen molar-refractivity contribution in [2.45, 2.75) is 32.7 Å². The van der Waals surface area contributed by atoms with Crippen LogP contribution in [0.4, 0.5) is 11.8 Å². The molecule has 0 aliphatic carbocycles. The topological polar surface area (TPSA) is 44.3 Å². The molecule has 5 heteroatoms. The Morgan fingerprint density at radius 1 is 1.37 bits per heavy atom. The third-order valence-corrected chi connectivity index (χ3v) is 3.77. The van der Waals surface area contributed by atoms with Crippen molar-refractivity contribution in [3.63, 3.8) is 0 Å². The molecule has 2 rings (SSSR count). The van der Waals surface area contributed by atoms with Crippen LogP contribution in [0.5, 0.6) is 0 Å². The van der Waals surface area contributed by atoms with Crippen molar-refractivity contribution in [2.75, 3.05) is 43.9 Å². The van der Waals surface area contributed by atoms with Gasteiger partial charge in [0, 0.05) is 37.4 Å². The Morgan fingerprint density at radius 2 is 2.05 bits per heavy atom. The zero-order valence-corrected chi connectivity index (χ0v) is 12.5. The van der Waals surface area contributed by atoms with Gasteiger partial charge in [0.1, 0.15) is 5.82 Å². The van der Waals surface area contributed by atoms with E-state index in [1.807, 2.05) is 6.20 Å². The van der Waals surface area contributed by atoms with Gasteiger partial charge >= 0.3 is 0 Å². The zero-order valence-electron chi connectivity index (χ0n) is 12.5. The number of nitrogens with zero attached hydrogens (tertiary/aromatic N) is 4. The molecule has 0 radical (unpaired) electrons. The molecular formula is C14H25N5. The van der Waals surface area contributed by atoms with Crippen LogP contribution in [0.15, 0.2) is 6.20 Å². The second kappa shape index (κ2) is 6.19. The summed E-state index contributed by atoms with van der Waals surface area (Å²) in [4.78, 5) is 13.7. The monoisotopic (exact) mass is 263 g/mol. The molecule has 1 fully saturated rings. The standard InChI is InChI=1S/C14H25N5/c1-5-15-14-16-10-11(2)13(17-14)19-8-6-12(7-9-19)18(3)4/h10,12H,5-9H2,1-4H3,(H,15,16,17). The van der Waals surface area contributed by atoms with Crippen molar-refractivity contribution in [1.82, 2.24) is 14.9 Å². The van der Waals surface area contributed by atoms with Crippen LogP contribution >= 0.6 is 0 Å². The van der Waals surface area contributed by atoms with Crippen LogP contribution in [-0.2, 0) is 0 Å². The minimum Gasteiger partial charge on any atom is -0.356 e. The highest BCUT2D eigenvalue weighted by Gasteiger charge is 2.22. The number of piperidine rings is 1. The van der Waals surface area contributed by atoms with Crippen molar-refractivity contribution in [1.29, 1.82) is 0 Å². The third kappa shape index (κ3) is 3.35. The van der Waals surface area contributed by atoms with Gasteiger partial charge in [-0.3, -0.25) is 0 Å². The van der Waals surface area contributed by atoms with Gasteiger partial charge < -0.3 is 15.1 Å². The average Bonchev–Trinajstić information content (AvgIpc) is 2.41. The van der Waals surface area contributed by atoms with Gasteiger partial charge in [-0.1, -0.05) is 0 Å². The van der Waals surface area contributed by atoms with E-state index in [4.69, 9.17) is 0 Å². The molecule has 0 bridgehead atoms. The molecule has 0 saturated carbocycles. The smallest absolute Gasteiger partial charge is 0.224 e. The molecule has 1 aromatic heterocycles. The highest BCUT2D eigenvalue weighted by molar-refractivity contribution is 5.49. The SMILES string of the molecule is CCNc1ncc(C)c(N2CCC(N(C)C)CC2)n1. The van der Waals surface area contributed by atoms with E-state index in [-0.39, 0.29) is 0 Å². The summed E-state index contributed by atoms with van der Waals surface area (Å²) in [5.41, 5.74) is 1.16. The molecule has 5 nitrogen and oxygen atoms in total. The molecule has 2 heterocycles. The van der Waals surface area contributed by atoms with Crippen LogP contribution in [0, 0.1) is 6.92 Å². The summed E-state index contributed by atoms with van der Waals surface area (Å²) < 4.78 is 0. The summed E-state index contributed by atoms with van der Waals surface area (Å²) in [5, 5.41) is 3.18. The lowest BCUT2D eigenvalue weighted by atomic mass is 10.0. The Balaban J connectivity index is 2.08. The van der Waals surface area contributed by atoms with Gasteiger partial charge in [-0.25, -0.2) is 4.98 Å². The lowest BCUT2D eigenvalue weighted by Crippen LogP contribution is -2.42. The first-order chi connectivity index (χ1) is 9.11. The predicted octanol–water partition coefficient (Wildman–Crippen LogP) is 1.75. The lowest BCUT2D eigenvalue weighted by molar-refractivity contribution is 0.249. The maximum atomic E-state index is 4.65. The van der Waals surface area contributed by atoms with Gasteiger partial charge in [-0.15, -0.1) is 0 Å². The second-order valence-electron chi connectivity index (χ2n) is 5.41. The number of nitrogens with one attached hydrogen (secondary N) is 1. The van der Waals surface area contributed by atoms with Crippen molar-refractivity contribution in [3.05, 3.63) is 11.8 Å². The number of anilines is 2. The molecule has 106 valence electrons. The van der Waals surface area contributed by atoms with E-state index >= 15 is 0 Å². The van der Waals surface area contributed by atoms with Crippen LogP contribution in [0.1, 0.15) is 25.3 Å². The van der Waals surface area contributed by atoms with Crippen LogP contribution in [0.3, 0.4) is 0 Å². The Labute approximate surface area is 116 Å². The van der Waals surface area contributed by atoms with Crippen molar-refractivity contribution in [3.8, 4) is 0 Å². The summed E-state index contributed by atoms with van der Waals surface area (Å²) in [5.74, 6) is 1.82. The quantitative estimate of drug-likeness (QED) is 0.896. The number of hydrogen-bond acceptors (Lipinski definition) is 5. The minimum absolute atomic E-state index is 0.701. The largest absolute Gasteiger partial charge is 0.356 e. The first-order valence-electron chi connectivity index (χ1n) is 7.10. The number of rotatable bonds is 4. The first kappa shape index (κ1) is 14.1. The summed E-state index contributed by atoms with van der Waals surface area (Å²) in [7, 11) is 4.33. The molecule has 0 atom stereocenters. The van der Waals surface area contributed by atoms with Crippen LogP contribution in [0.2, 0.25) is 0 Å². The Hall–Kier alpha value is -1.36. The zero-order chi connectivity index (χ0) is 13.8. The van der Waals surface area contributed by atoms with Gasteiger partial charge in [0.15, 0.2) is 0 Å². The minimum atomic E-state index is 0.701. The predicted molar refractivity (Wildman–Crippen MR) is 79.9 cm³/mol. The summed E-state index contributed by atoms with van der Waals surface area (Å²) >= 11 is 0. The average molecular weight is 263 g/mol. The molecule has 0 unspecified atom stereocenters. The van der Waals surface area contributed by atoms with E-state index in [0.29, 0.717) is 6.04 Å². The molecule has 1 aliphatic rings. The molecule has 1 saturated heterocycles. The fraction of sp³-hybridized carbons (Fsp3) is 0.714. The highest BCUT2D eigenvalue weighted by atomic mass is 15.2. The molecule has 0 aromatic carbocycles. The fourth-order valence-corrected chi connectivity index (χ4v) is 2.59. The first-order valence-corrected chi connectivity index (χ1v) is 7.10. The number of aryl methyl sites for hydroxylation is 1. The van der Waals surface area contributed by atoms with Crippen LogP contribution < -0.4 is 10.2 Å². The molecule has 1 aliphatic heterocycles. The van der Waals surface area contributed by atoms with E-state index in [2.05, 4.69) is 53.0 Å². The molecule has 19 heavy (non-hydrogen) atoms. The molecule has 1 N–H and O–H groups in total. The maximum Gasteiger partial charge on any atom is 0.224 e. The fourth-order valence-electron chi connectivity index (χ4n) is 2.59. The van der Waals surface area contributed by atoms with Crippen LogP contribution in [-0.4, -0.2) is 54.6 Å². The Morgan fingerprint density at radius 3 is 2.63 bits per heavy atom. The van der Waals surface area contributed by atoms with Gasteiger partial charge in [0.25, 0.3) is 0 Å². The Bertz CT molecular complexity index is 410.